The Balaban J connectivity index is 1.92. The lowest BCUT2D eigenvalue weighted by molar-refractivity contribution is -0.140. The van der Waals surface area contributed by atoms with Crippen molar-refractivity contribution >= 4 is 28.8 Å². The van der Waals surface area contributed by atoms with Gasteiger partial charge in [-0.3, -0.25) is 9.59 Å². The molecule has 2 aromatic carbocycles. The summed E-state index contributed by atoms with van der Waals surface area (Å²) in [6.07, 6.45) is 0. The number of rotatable bonds is 5. The van der Waals surface area contributed by atoms with Gasteiger partial charge in [-0.05, 0) is 72.7 Å². The van der Waals surface area contributed by atoms with Crippen LogP contribution in [-0.2, 0) is 16.1 Å². The minimum atomic E-state index is -0.763. The summed E-state index contributed by atoms with van der Waals surface area (Å²) in [5.41, 5.74) is 3.68. The molecule has 7 heteroatoms. The zero-order valence-corrected chi connectivity index (χ0v) is 19.6. The van der Waals surface area contributed by atoms with Crippen molar-refractivity contribution in [2.24, 2.45) is 0 Å². The highest BCUT2D eigenvalue weighted by Crippen LogP contribution is 2.44. The minimum absolute atomic E-state index is 0.0240. The maximum absolute atomic E-state index is 13.4. The topological polar surface area (TPSA) is 66.8 Å². The first-order valence-corrected chi connectivity index (χ1v) is 11.3. The molecular formula is C26H24FNO4S. The molecule has 0 saturated carbocycles. The molecule has 2 heterocycles. The Morgan fingerprint density at radius 2 is 1.79 bits per heavy atom. The van der Waals surface area contributed by atoms with Gasteiger partial charge < -0.3 is 14.7 Å². The summed E-state index contributed by atoms with van der Waals surface area (Å²) in [6.45, 7) is 5.75. The Labute approximate surface area is 195 Å². The fraction of sp³-hybridized carbons (Fsp3) is 0.231. The van der Waals surface area contributed by atoms with E-state index in [4.69, 9.17) is 4.74 Å². The third-order valence-electron chi connectivity index (χ3n) is 5.83. The predicted molar refractivity (Wildman–Crippen MR) is 126 cm³/mol. The molecule has 1 aliphatic heterocycles. The molecule has 0 spiro atoms. The number of aliphatic hydroxyl groups excluding tert-OH is 1. The van der Waals surface area contributed by atoms with E-state index in [1.807, 2.05) is 38.3 Å². The van der Waals surface area contributed by atoms with Crippen LogP contribution >= 0.6 is 11.3 Å². The fourth-order valence-electron chi connectivity index (χ4n) is 4.31. The number of benzene rings is 2. The number of aryl methyl sites for hydroxylation is 3. The monoisotopic (exact) mass is 465 g/mol. The second-order valence-corrected chi connectivity index (χ2v) is 9.13. The first kappa shape index (κ1) is 22.7. The van der Waals surface area contributed by atoms with Gasteiger partial charge in [0.2, 0.25) is 0 Å². The van der Waals surface area contributed by atoms with Gasteiger partial charge >= 0.3 is 0 Å². The molecule has 5 nitrogen and oxygen atoms in total. The van der Waals surface area contributed by atoms with E-state index in [0.717, 1.165) is 21.6 Å². The number of carbonyl (C=O) groups excluding carboxylic acids is 2. The Hall–Kier alpha value is -3.45. The van der Waals surface area contributed by atoms with Crippen LogP contribution in [0, 0.1) is 26.6 Å². The second-order valence-electron chi connectivity index (χ2n) is 8.18. The number of amides is 1. The summed E-state index contributed by atoms with van der Waals surface area (Å²) in [6, 6.07) is 10.6. The van der Waals surface area contributed by atoms with Gasteiger partial charge in [0.15, 0.2) is 0 Å². The van der Waals surface area contributed by atoms with Crippen LogP contribution in [0.15, 0.2) is 53.4 Å². The van der Waals surface area contributed by atoms with Crippen molar-refractivity contribution in [2.45, 2.75) is 33.4 Å². The lowest BCUT2D eigenvalue weighted by atomic mass is 9.95. The molecule has 1 unspecified atom stereocenters. The van der Waals surface area contributed by atoms with E-state index in [1.54, 1.807) is 18.2 Å². The largest absolute Gasteiger partial charge is 0.507 e. The van der Waals surface area contributed by atoms with E-state index in [9.17, 15) is 19.1 Å². The average molecular weight is 466 g/mol. The molecule has 3 aromatic rings. The fourth-order valence-corrected chi connectivity index (χ4v) is 5.36. The van der Waals surface area contributed by atoms with Gasteiger partial charge in [0.05, 0.1) is 18.2 Å². The number of aliphatic hydroxyl groups is 1. The molecule has 1 atom stereocenters. The van der Waals surface area contributed by atoms with E-state index < -0.39 is 17.7 Å². The van der Waals surface area contributed by atoms with Gasteiger partial charge in [-0.15, -0.1) is 11.3 Å². The van der Waals surface area contributed by atoms with Crippen molar-refractivity contribution < 1.29 is 23.8 Å². The highest BCUT2D eigenvalue weighted by atomic mass is 32.1. The first-order chi connectivity index (χ1) is 15.7. The first-order valence-electron chi connectivity index (χ1n) is 10.5. The number of ketones is 1. The van der Waals surface area contributed by atoms with Crippen LogP contribution in [0.5, 0.6) is 5.75 Å². The molecule has 0 radical (unpaired) electrons. The van der Waals surface area contributed by atoms with Gasteiger partial charge in [-0.25, -0.2) is 4.39 Å². The Morgan fingerprint density at radius 3 is 2.39 bits per heavy atom. The second kappa shape index (κ2) is 8.83. The molecule has 33 heavy (non-hydrogen) atoms. The zero-order valence-electron chi connectivity index (χ0n) is 18.8. The maximum atomic E-state index is 13.4. The van der Waals surface area contributed by atoms with Crippen LogP contribution in [0.1, 0.15) is 38.7 Å². The van der Waals surface area contributed by atoms with E-state index >= 15 is 0 Å². The van der Waals surface area contributed by atoms with E-state index in [1.165, 1.54) is 35.5 Å². The molecule has 1 amide bonds. The van der Waals surface area contributed by atoms with Gasteiger partial charge in [-0.2, -0.15) is 0 Å². The molecule has 1 N–H and O–H groups in total. The van der Waals surface area contributed by atoms with Gasteiger partial charge in [0, 0.05) is 11.4 Å². The number of likely N-dealkylation sites (tertiary alicyclic amines) is 1. The predicted octanol–water partition coefficient (Wildman–Crippen LogP) is 5.44. The number of thiophene rings is 1. The van der Waals surface area contributed by atoms with Crippen LogP contribution in [0.3, 0.4) is 0 Å². The molecule has 1 fully saturated rings. The van der Waals surface area contributed by atoms with Gasteiger partial charge in [-0.1, -0.05) is 18.2 Å². The molecule has 0 aliphatic carbocycles. The number of ether oxygens (including phenoxy) is 1. The highest BCUT2D eigenvalue weighted by Gasteiger charge is 2.47. The maximum Gasteiger partial charge on any atom is 0.295 e. The molecule has 1 aliphatic rings. The summed E-state index contributed by atoms with van der Waals surface area (Å²) in [5, 5.41) is 13.3. The number of halogens is 1. The third kappa shape index (κ3) is 4.04. The standard InChI is InChI=1S/C26H24FNO4S/c1-14-11-16(3)24(32-4)19(12-14)22(29)20-21(25-15(2)9-10-33-25)28(26(31)23(20)30)13-17-5-7-18(27)8-6-17/h5-12,21,29H,13H2,1-4H3/b22-20+. The van der Waals surface area contributed by atoms with Crippen LogP contribution in [0.4, 0.5) is 4.39 Å². The summed E-state index contributed by atoms with van der Waals surface area (Å²) in [7, 11) is 1.50. The van der Waals surface area contributed by atoms with Crippen LogP contribution in [-0.4, -0.2) is 28.8 Å². The van der Waals surface area contributed by atoms with Crippen molar-refractivity contribution in [3.8, 4) is 5.75 Å². The van der Waals surface area contributed by atoms with Crippen molar-refractivity contribution in [3.63, 3.8) is 0 Å². The lowest BCUT2D eigenvalue weighted by Crippen LogP contribution is -2.29. The molecule has 4 rings (SSSR count). The van der Waals surface area contributed by atoms with E-state index in [0.29, 0.717) is 16.9 Å². The normalized spacial score (nSPS) is 17.6. The zero-order chi connectivity index (χ0) is 23.9. The van der Waals surface area contributed by atoms with E-state index in [2.05, 4.69) is 0 Å². The summed E-state index contributed by atoms with van der Waals surface area (Å²) < 4.78 is 18.9. The van der Waals surface area contributed by atoms with Gasteiger partial charge in [0.25, 0.3) is 11.7 Å². The quantitative estimate of drug-likeness (QED) is 0.309. The number of Topliss-reactive ketones (excluding diaryl/α,β-unsaturated/α-hetero) is 1. The molecule has 170 valence electrons. The lowest BCUT2D eigenvalue weighted by Gasteiger charge is -2.25. The van der Waals surface area contributed by atoms with Crippen molar-refractivity contribution in [1.82, 2.24) is 4.90 Å². The van der Waals surface area contributed by atoms with Gasteiger partial charge in [0.1, 0.15) is 23.4 Å². The smallest absolute Gasteiger partial charge is 0.295 e. The van der Waals surface area contributed by atoms with E-state index in [-0.39, 0.29) is 23.7 Å². The van der Waals surface area contributed by atoms with Crippen LogP contribution in [0.25, 0.3) is 5.76 Å². The highest BCUT2D eigenvalue weighted by molar-refractivity contribution is 7.10. The number of methoxy groups -OCH3 is 1. The molecule has 1 saturated heterocycles. The average Bonchev–Trinajstić information content (AvgIpc) is 3.30. The number of hydrogen-bond acceptors (Lipinski definition) is 5. The number of nitrogens with zero attached hydrogens (tertiary/aromatic N) is 1. The molecular weight excluding hydrogens is 441 g/mol. The Bertz CT molecular complexity index is 1280. The minimum Gasteiger partial charge on any atom is -0.507 e. The summed E-state index contributed by atoms with van der Waals surface area (Å²) in [5.74, 6) is -1.66. The number of hydrogen-bond donors (Lipinski definition) is 1. The third-order valence-corrected chi connectivity index (χ3v) is 6.91. The van der Waals surface area contributed by atoms with Crippen molar-refractivity contribution in [3.05, 3.63) is 91.9 Å². The molecule has 0 bridgehead atoms. The SMILES string of the molecule is COc1c(C)cc(C)cc1/C(O)=C1\C(=O)C(=O)N(Cc2ccc(F)cc2)C1c1sccc1C. The Morgan fingerprint density at radius 1 is 1.09 bits per heavy atom. The van der Waals surface area contributed by atoms with Crippen LogP contribution < -0.4 is 4.74 Å². The number of carbonyl (C=O) groups is 2. The van der Waals surface area contributed by atoms with Crippen LogP contribution in [0.2, 0.25) is 0 Å². The summed E-state index contributed by atoms with van der Waals surface area (Å²) >= 11 is 1.42. The van der Waals surface area contributed by atoms with Crippen molar-refractivity contribution in [2.75, 3.05) is 7.11 Å². The molecule has 1 aromatic heterocycles. The Kier molecular flexibility index (Phi) is 6.08. The summed E-state index contributed by atoms with van der Waals surface area (Å²) in [4.78, 5) is 28.6. The van der Waals surface area contributed by atoms with Crippen molar-refractivity contribution in [1.29, 1.82) is 0 Å².